The predicted octanol–water partition coefficient (Wildman–Crippen LogP) is 2.43. The summed E-state index contributed by atoms with van der Waals surface area (Å²) in [6.07, 6.45) is -5.75. The quantitative estimate of drug-likeness (QED) is 0.560. The maximum atomic E-state index is 13.1. The van der Waals surface area contributed by atoms with Gasteiger partial charge in [-0.2, -0.15) is 13.2 Å². The number of primary amides is 1. The smallest absolute Gasteiger partial charge is 0.425 e. The summed E-state index contributed by atoms with van der Waals surface area (Å²) in [6.45, 7) is 0.0412. The van der Waals surface area contributed by atoms with E-state index in [0.717, 1.165) is 5.56 Å². The fraction of sp³-hybridized carbons (Fsp3) is 0.571. The number of nitrogens with one attached hydrogen (secondary N) is 2. The Kier molecular flexibility index (Phi) is 5.46. The van der Waals surface area contributed by atoms with Crippen molar-refractivity contribution in [2.75, 3.05) is 6.54 Å². The normalized spacial score (nSPS) is 26.7. The van der Waals surface area contributed by atoms with E-state index >= 15 is 0 Å². The molecular formula is C21H25F3N4O4. The molecule has 4 amide bonds. The minimum absolute atomic E-state index is 0.263. The van der Waals surface area contributed by atoms with Crippen LogP contribution in [0.2, 0.25) is 0 Å². The highest BCUT2D eigenvalue weighted by molar-refractivity contribution is 5.84. The van der Waals surface area contributed by atoms with Gasteiger partial charge in [0.25, 0.3) is 0 Å². The highest BCUT2D eigenvalue weighted by Gasteiger charge is 2.72. The van der Waals surface area contributed by atoms with E-state index in [9.17, 15) is 27.6 Å². The van der Waals surface area contributed by atoms with Crippen molar-refractivity contribution in [3.05, 3.63) is 35.9 Å². The Morgan fingerprint density at radius 2 is 1.78 bits per heavy atom. The highest BCUT2D eigenvalue weighted by Crippen LogP contribution is 2.64. The molecule has 8 nitrogen and oxygen atoms in total. The van der Waals surface area contributed by atoms with Gasteiger partial charge in [0.15, 0.2) is 0 Å². The summed E-state index contributed by atoms with van der Waals surface area (Å²) >= 11 is 0. The number of halogens is 3. The summed E-state index contributed by atoms with van der Waals surface area (Å²) in [5, 5.41) is 4.88. The molecule has 0 heterocycles. The molecule has 1 aromatic rings. The van der Waals surface area contributed by atoms with E-state index in [2.05, 4.69) is 10.6 Å². The second-order valence-corrected chi connectivity index (χ2v) is 9.05. The summed E-state index contributed by atoms with van der Waals surface area (Å²) in [5.74, 6) is -0.994. The lowest BCUT2D eigenvalue weighted by Crippen LogP contribution is -2.84. The van der Waals surface area contributed by atoms with Gasteiger partial charge in [0.05, 0.1) is 17.6 Å². The van der Waals surface area contributed by atoms with Gasteiger partial charge in [0.2, 0.25) is 12.0 Å². The fourth-order valence-corrected chi connectivity index (χ4v) is 4.89. The van der Waals surface area contributed by atoms with Crippen molar-refractivity contribution in [3.8, 4) is 0 Å². The minimum Gasteiger partial charge on any atom is -0.436 e. The zero-order valence-electron chi connectivity index (χ0n) is 17.3. The Labute approximate surface area is 182 Å². The molecule has 2 bridgehead atoms. The van der Waals surface area contributed by atoms with Crippen molar-refractivity contribution in [2.45, 2.75) is 62.0 Å². The number of rotatable bonds is 8. The van der Waals surface area contributed by atoms with Gasteiger partial charge in [-0.1, -0.05) is 30.3 Å². The number of nitrogens with two attached hydrogens (primary N) is 1. The molecule has 0 spiro atoms. The minimum atomic E-state index is -4.59. The van der Waals surface area contributed by atoms with Gasteiger partial charge in [-0.05, 0) is 37.7 Å². The van der Waals surface area contributed by atoms with E-state index in [0.29, 0.717) is 38.6 Å². The number of nitrogens with zero attached hydrogens (tertiary/aromatic N) is 1. The van der Waals surface area contributed by atoms with Crippen LogP contribution in [0.5, 0.6) is 0 Å². The molecule has 1 atom stereocenters. The van der Waals surface area contributed by atoms with Gasteiger partial charge in [0, 0.05) is 12.5 Å². The number of urea groups is 1. The van der Waals surface area contributed by atoms with Gasteiger partial charge in [-0.15, -0.1) is 0 Å². The molecule has 32 heavy (non-hydrogen) atoms. The van der Waals surface area contributed by atoms with Crippen molar-refractivity contribution in [2.24, 2.45) is 11.7 Å². The van der Waals surface area contributed by atoms with Crippen molar-refractivity contribution < 1.29 is 32.3 Å². The van der Waals surface area contributed by atoms with Gasteiger partial charge >= 0.3 is 18.3 Å². The van der Waals surface area contributed by atoms with Crippen molar-refractivity contribution >= 4 is 18.0 Å². The number of ether oxygens (including phenoxy) is 1. The summed E-state index contributed by atoms with van der Waals surface area (Å²) in [5.41, 5.74) is 4.75. The lowest BCUT2D eigenvalue weighted by atomic mass is 9.43. The lowest BCUT2D eigenvalue weighted by Gasteiger charge is -2.73. The van der Waals surface area contributed by atoms with Crippen LogP contribution in [0.3, 0.4) is 0 Å². The van der Waals surface area contributed by atoms with Gasteiger partial charge in [-0.25, -0.2) is 9.59 Å². The molecular weight excluding hydrogens is 429 g/mol. The van der Waals surface area contributed by atoms with E-state index in [1.807, 2.05) is 30.3 Å². The summed E-state index contributed by atoms with van der Waals surface area (Å²) in [7, 11) is 0. The third kappa shape index (κ3) is 4.46. The van der Waals surface area contributed by atoms with Crippen LogP contribution in [-0.4, -0.2) is 52.8 Å². The first-order valence-electron chi connectivity index (χ1n) is 10.5. The van der Waals surface area contributed by atoms with Crippen molar-refractivity contribution in [1.29, 1.82) is 0 Å². The number of hydrogen-bond donors (Lipinski definition) is 3. The van der Waals surface area contributed by atoms with Crippen molar-refractivity contribution in [3.63, 3.8) is 0 Å². The molecule has 0 radical (unpaired) electrons. The number of benzene rings is 1. The molecule has 4 aliphatic carbocycles. The Hall–Kier alpha value is -2.98. The van der Waals surface area contributed by atoms with Crippen LogP contribution in [0.4, 0.5) is 22.8 Å². The average Bonchev–Trinajstić information content (AvgIpc) is 3.49. The molecule has 1 unspecified atom stereocenters. The third-order valence-electron chi connectivity index (χ3n) is 6.45. The number of hydrogen-bond acceptors (Lipinski definition) is 4. The van der Waals surface area contributed by atoms with Crippen LogP contribution < -0.4 is 16.4 Å². The molecule has 0 aliphatic heterocycles. The number of carbonyl (C=O) groups excluding carboxylic acids is 3. The van der Waals surface area contributed by atoms with Crippen LogP contribution in [-0.2, 0) is 16.1 Å². The zero-order valence-corrected chi connectivity index (χ0v) is 17.3. The van der Waals surface area contributed by atoms with Crippen LogP contribution in [0, 0.1) is 5.92 Å². The topological polar surface area (TPSA) is 114 Å². The summed E-state index contributed by atoms with van der Waals surface area (Å²) < 4.78 is 44.1. The van der Waals surface area contributed by atoms with E-state index in [1.165, 1.54) is 0 Å². The summed E-state index contributed by atoms with van der Waals surface area (Å²) in [6, 6.07) is 8.47. The molecule has 4 N–H and O–H groups in total. The van der Waals surface area contributed by atoms with Crippen LogP contribution in [0.25, 0.3) is 0 Å². The Balaban J connectivity index is 1.37. The van der Waals surface area contributed by atoms with Gasteiger partial charge in [-0.3, -0.25) is 4.79 Å². The zero-order chi connectivity index (χ0) is 23.1. The van der Waals surface area contributed by atoms with Crippen LogP contribution in [0.15, 0.2) is 30.3 Å². The van der Waals surface area contributed by atoms with E-state index in [4.69, 9.17) is 10.5 Å². The van der Waals surface area contributed by atoms with Crippen LogP contribution >= 0.6 is 0 Å². The largest absolute Gasteiger partial charge is 0.436 e. The molecule has 4 aliphatic rings. The standard InChI is InChI=1S/C21H25F3N4O4/c22-21(23,24)16(14-6-7-14)32-18(31)27-19-10-20(11-19,12-19)28(15(29)8-26-17(25)30)9-13-4-2-1-3-5-13/h1-5,14,16H,6-12H2,(H,27,31)(H3,25,26,30). The second-order valence-electron chi connectivity index (χ2n) is 9.05. The van der Waals surface area contributed by atoms with Crippen LogP contribution in [0.1, 0.15) is 37.7 Å². The average molecular weight is 454 g/mol. The first-order chi connectivity index (χ1) is 15.0. The first-order valence-corrected chi connectivity index (χ1v) is 10.5. The Morgan fingerprint density at radius 1 is 1.16 bits per heavy atom. The van der Waals surface area contributed by atoms with Crippen molar-refractivity contribution in [1.82, 2.24) is 15.5 Å². The van der Waals surface area contributed by atoms with Gasteiger partial charge < -0.3 is 26.0 Å². The molecule has 11 heteroatoms. The monoisotopic (exact) mass is 454 g/mol. The maximum Gasteiger partial charge on any atom is 0.425 e. The predicted molar refractivity (Wildman–Crippen MR) is 106 cm³/mol. The van der Waals surface area contributed by atoms with E-state index < -0.39 is 41.4 Å². The number of alkyl carbamates (subject to hydrolysis) is 1. The molecule has 4 fully saturated rings. The first kappa shape index (κ1) is 22.2. The highest BCUT2D eigenvalue weighted by atomic mass is 19.4. The third-order valence-corrected chi connectivity index (χ3v) is 6.45. The molecule has 0 aromatic heterocycles. The summed E-state index contributed by atoms with van der Waals surface area (Å²) in [4.78, 5) is 37.6. The maximum absolute atomic E-state index is 13.1. The fourth-order valence-electron chi connectivity index (χ4n) is 4.89. The van der Waals surface area contributed by atoms with E-state index in [-0.39, 0.29) is 12.5 Å². The molecule has 1 aromatic carbocycles. The van der Waals surface area contributed by atoms with Gasteiger partial charge in [0.1, 0.15) is 0 Å². The number of carbonyl (C=O) groups is 3. The number of alkyl halides is 3. The number of amides is 4. The second kappa shape index (κ2) is 7.86. The van der Waals surface area contributed by atoms with E-state index in [1.54, 1.807) is 4.90 Å². The molecule has 0 saturated heterocycles. The molecule has 4 saturated carbocycles. The Morgan fingerprint density at radius 3 is 2.31 bits per heavy atom. The molecule has 5 rings (SSSR count). The SMILES string of the molecule is NC(=O)NCC(=O)N(Cc1ccccc1)C12CC(NC(=O)OC(C3CC3)C(F)(F)F)(C1)C2. The lowest BCUT2D eigenvalue weighted by molar-refractivity contribution is -0.215. The molecule has 174 valence electrons. The Bertz CT molecular complexity index is 884.